The molecule has 1 heterocycles. The first-order valence-electron chi connectivity index (χ1n) is 7.76. The third kappa shape index (κ3) is 3.22. The largest absolute Gasteiger partial charge is 0.309 e. The molecule has 1 N–H and O–H groups in total. The highest BCUT2D eigenvalue weighted by molar-refractivity contribution is 7.12. The molecular formula is C17H29NS. The van der Waals surface area contributed by atoms with Gasteiger partial charge in [0.2, 0.25) is 0 Å². The lowest BCUT2D eigenvalue weighted by molar-refractivity contribution is 0.199. The third-order valence-electron chi connectivity index (χ3n) is 4.72. The van der Waals surface area contributed by atoms with Gasteiger partial charge < -0.3 is 5.32 Å². The molecule has 0 spiro atoms. The molecule has 0 aromatic carbocycles. The Kier molecular flexibility index (Phi) is 4.73. The predicted molar refractivity (Wildman–Crippen MR) is 85.9 cm³/mol. The Balaban J connectivity index is 2.28. The molecule has 0 amide bonds. The van der Waals surface area contributed by atoms with Crippen LogP contribution in [0.5, 0.6) is 0 Å². The molecule has 2 rings (SSSR count). The molecule has 1 aliphatic carbocycles. The average Bonchev–Trinajstić information content (AvgIpc) is 2.83. The SMILES string of the molecule is CCCNC(c1sc(C)cc1C)C1CCCC1(C)C. The van der Waals surface area contributed by atoms with Gasteiger partial charge in [-0.2, -0.15) is 0 Å². The summed E-state index contributed by atoms with van der Waals surface area (Å²) in [6.45, 7) is 12.8. The lowest BCUT2D eigenvalue weighted by Crippen LogP contribution is -2.34. The Morgan fingerprint density at radius 2 is 2.16 bits per heavy atom. The lowest BCUT2D eigenvalue weighted by atomic mass is 9.76. The second-order valence-corrected chi connectivity index (χ2v) is 8.11. The van der Waals surface area contributed by atoms with Crippen LogP contribution >= 0.6 is 11.3 Å². The first-order valence-corrected chi connectivity index (χ1v) is 8.57. The van der Waals surface area contributed by atoms with E-state index in [0.717, 1.165) is 12.5 Å². The number of aryl methyl sites for hydroxylation is 2. The number of hydrogen-bond acceptors (Lipinski definition) is 2. The maximum absolute atomic E-state index is 3.85. The van der Waals surface area contributed by atoms with Crippen LogP contribution in [0.25, 0.3) is 0 Å². The summed E-state index contributed by atoms with van der Waals surface area (Å²) in [7, 11) is 0. The fourth-order valence-corrected chi connectivity index (χ4v) is 4.83. The Bertz CT molecular complexity index is 419. The maximum atomic E-state index is 3.85. The van der Waals surface area contributed by atoms with E-state index in [1.807, 2.05) is 11.3 Å². The van der Waals surface area contributed by atoms with Crippen molar-refractivity contribution in [3.8, 4) is 0 Å². The van der Waals surface area contributed by atoms with E-state index in [1.165, 1.54) is 36.1 Å². The molecule has 2 atom stereocenters. The summed E-state index contributed by atoms with van der Waals surface area (Å²) in [4.78, 5) is 3.04. The molecule has 2 unspecified atom stereocenters. The molecule has 1 aliphatic rings. The van der Waals surface area contributed by atoms with Crippen molar-refractivity contribution in [1.82, 2.24) is 5.32 Å². The third-order valence-corrected chi connectivity index (χ3v) is 5.95. The van der Waals surface area contributed by atoms with Gasteiger partial charge in [-0.05, 0) is 62.6 Å². The van der Waals surface area contributed by atoms with E-state index >= 15 is 0 Å². The van der Waals surface area contributed by atoms with E-state index in [9.17, 15) is 0 Å². The van der Waals surface area contributed by atoms with Crippen LogP contribution in [0.15, 0.2) is 6.07 Å². The van der Waals surface area contributed by atoms with E-state index in [1.54, 1.807) is 4.88 Å². The van der Waals surface area contributed by atoms with Gasteiger partial charge in [0.25, 0.3) is 0 Å². The summed E-state index contributed by atoms with van der Waals surface area (Å²) >= 11 is 2.00. The topological polar surface area (TPSA) is 12.0 Å². The molecule has 108 valence electrons. The fourth-order valence-electron chi connectivity index (χ4n) is 3.66. The molecule has 1 nitrogen and oxygen atoms in total. The zero-order valence-electron chi connectivity index (χ0n) is 13.2. The first-order chi connectivity index (χ1) is 8.95. The van der Waals surface area contributed by atoms with Crippen LogP contribution in [0.2, 0.25) is 0 Å². The number of rotatable bonds is 5. The molecular weight excluding hydrogens is 250 g/mol. The lowest BCUT2D eigenvalue weighted by Gasteiger charge is -2.35. The highest BCUT2D eigenvalue weighted by atomic mass is 32.1. The summed E-state index contributed by atoms with van der Waals surface area (Å²) in [6, 6.07) is 2.92. The van der Waals surface area contributed by atoms with E-state index < -0.39 is 0 Å². The molecule has 0 saturated heterocycles. The molecule has 0 radical (unpaired) electrons. The molecule has 1 aromatic heterocycles. The van der Waals surface area contributed by atoms with Crippen LogP contribution in [0, 0.1) is 25.2 Å². The van der Waals surface area contributed by atoms with Crippen molar-refractivity contribution in [2.24, 2.45) is 11.3 Å². The van der Waals surface area contributed by atoms with Crippen molar-refractivity contribution < 1.29 is 0 Å². The van der Waals surface area contributed by atoms with Crippen molar-refractivity contribution in [3.05, 3.63) is 21.4 Å². The van der Waals surface area contributed by atoms with E-state index in [4.69, 9.17) is 0 Å². The van der Waals surface area contributed by atoms with Crippen molar-refractivity contribution >= 4 is 11.3 Å². The van der Waals surface area contributed by atoms with Gasteiger partial charge in [-0.1, -0.05) is 27.2 Å². The smallest absolute Gasteiger partial charge is 0.0451 e. The Labute approximate surface area is 122 Å². The van der Waals surface area contributed by atoms with Crippen molar-refractivity contribution in [3.63, 3.8) is 0 Å². The van der Waals surface area contributed by atoms with Crippen molar-refractivity contribution in [2.45, 2.75) is 66.3 Å². The second kappa shape index (κ2) is 5.97. The van der Waals surface area contributed by atoms with Crippen LogP contribution in [0.4, 0.5) is 0 Å². The zero-order chi connectivity index (χ0) is 14.0. The van der Waals surface area contributed by atoms with E-state index in [0.29, 0.717) is 11.5 Å². The van der Waals surface area contributed by atoms with Gasteiger partial charge in [-0.25, -0.2) is 0 Å². The summed E-state index contributed by atoms with van der Waals surface area (Å²) < 4.78 is 0. The summed E-state index contributed by atoms with van der Waals surface area (Å²) in [5.41, 5.74) is 1.97. The van der Waals surface area contributed by atoms with E-state index in [-0.39, 0.29) is 0 Å². The highest BCUT2D eigenvalue weighted by Gasteiger charge is 2.40. The van der Waals surface area contributed by atoms with Crippen LogP contribution in [-0.4, -0.2) is 6.54 Å². The standard InChI is InChI=1S/C17H29NS/c1-6-10-18-15(14-8-7-9-17(14,4)5)16-12(2)11-13(3)19-16/h11,14-15,18H,6-10H2,1-5H3. The number of thiophene rings is 1. The highest BCUT2D eigenvalue weighted by Crippen LogP contribution is 2.50. The summed E-state index contributed by atoms with van der Waals surface area (Å²) in [6.07, 6.45) is 5.37. The monoisotopic (exact) mass is 279 g/mol. The van der Waals surface area contributed by atoms with Crippen LogP contribution in [-0.2, 0) is 0 Å². The van der Waals surface area contributed by atoms with Crippen LogP contribution in [0.1, 0.15) is 67.8 Å². The molecule has 1 fully saturated rings. The molecule has 0 bridgehead atoms. The van der Waals surface area contributed by atoms with Crippen molar-refractivity contribution in [1.29, 1.82) is 0 Å². The van der Waals surface area contributed by atoms with Gasteiger partial charge >= 0.3 is 0 Å². The minimum atomic E-state index is 0.482. The molecule has 19 heavy (non-hydrogen) atoms. The zero-order valence-corrected chi connectivity index (χ0v) is 14.0. The van der Waals surface area contributed by atoms with Gasteiger partial charge in [0.1, 0.15) is 0 Å². The van der Waals surface area contributed by atoms with E-state index in [2.05, 4.69) is 46.0 Å². The summed E-state index contributed by atoms with van der Waals surface area (Å²) in [5, 5.41) is 3.85. The Morgan fingerprint density at radius 1 is 1.42 bits per heavy atom. The molecule has 1 saturated carbocycles. The second-order valence-electron chi connectivity index (χ2n) is 6.82. The minimum Gasteiger partial charge on any atom is -0.309 e. The van der Waals surface area contributed by atoms with Crippen LogP contribution in [0.3, 0.4) is 0 Å². The average molecular weight is 279 g/mol. The number of nitrogens with one attached hydrogen (secondary N) is 1. The molecule has 0 aliphatic heterocycles. The first kappa shape index (κ1) is 15.1. The molecule has 1 aromatic rings. The van der Waals surface area contributed by atoms with Crippen LogP contribution < -0.4 is 5.32 Å². The fraction of sp³-hybridized carbons (Fsp3) is 0.765. The Morgan fingerprint density at radius 3 is 2.63 bits per heavy atom. The minimum absolute atomic E-state index is 0.482. The Hall–Kier alpha value is -0.340. The van der Waals surface area contributed by atoms with Gasteiger partial charge in [-0.3, -0.25) is 0 Å². The van der Waals surface area contributed by atoms with Gasteiger partial charge in [0.15, 0.2) is 0 Å². The molecule has 2 heteroatoms. The quantitative estimate of drug-likeness (QED) is 0.778. The normalized spacial score (nSPS) is 23.7. The predicted octanol–water partition coefficient (Wildman–Crippen LogP) is 5.23. The maximum Gasteiger partial charge on any atom is 0.0451 e. The van der Waals surface area contributed by atoms with Crippen molar-refractivity contribution in [2.75, 3.05) is 6.54 Å². The van der Waals surface area contributed by atoms with Gasteiger partial charge in [0, 0.05) is 15.8 Å². The van der Waals surface area contributed by atoms with Gasteiger partial charge in [-0.15, -0.1) is 11.3 Å². The number of hydrogen-bond donors (Lipinski definition) is 1. The summed E-state index contributed by atoms with van der Waals surface area (Å²) in [5.74, 6) is 0.788. The van der Waals surface area contributed by atoms with Gasteiger partial charge in [0.05, 0.1) is 0 Å².